The molecule has 0 bridgehead atoms. The van der Waals surface area contributed by atoms with Crippen molar-refractivity contribution in [2.24, 2.45) is 7.05 Å². The first-order valence-electron chi connectivity index (χ1n) is 6.14. The molecule has 0 amide bonds. The average molecular weight is 304 g/mol. The first kappa shape index (κ1) is 13.4. The minimum atomic E-state index is 0.482. The lowest BCUT2D eigenvalue weighted by Gasteiger charge is -2.07. The van der Waals surface area contributed by atoms with E-state index in [1.807, 2.05) is 6.92 Å². The molecular weight excluding hydrogens is 292 g/mol. The van der Waals surface area contributed by atoms with Crippen LogP contribution in [0.2, 0.25) is 0 Å². The van der Waals surface area contributed by atoms with Gasteiger partial charge in [-0.2, -0.15) is 15.0 Å². The van der Waals surface area contributed by atoms with E-state index in [4.69, 9.17) is 0 Å². The zero-order valence-corrected chi connectivity index (χ0v) is 12.2. The van der Waals surface area contributed by atoms with Crippen molar-refractivity contribution < 1.29 is 0 Å². The van der Waals surface area contributed by atoms with Crippen LogP contribution >= 0.6 is 11.8 Å². The molecule has 0 saturated heterocycles. The zero-order chi connectivity index (χ0) is 14.7. The molecule has 0 saturated carbocycles. The van der Waals surface area contributed by atoms with Gasteiger partial charge in [0.1, 0.15) is 6.33 Å². The number of nitrogens with one attached hydrogen (secondary N) is 1. The van der Waals surface area contributed by atoms with Gasteiger partial charge in [-0.3, -0.25) is 4.57 Å². The summed E-state index contributed by atoms with van der Waals surface area (Å²) in [5.41, 5.74) is 0. The first-order chi connectivity index (χ1) is 10.3. The smallest absolute Gasteiger partial charge is 0.240 e. The highest BCUT2D eigenvalue weighted by Crippen LogP contribution is 2.22. The van der Waals surface area contributed by atoms with E-state index in [0.717, 1.165) is 0 Å². The van der Waals surface area contributed by atoms with Gasteiger partial charge >= 0.3 is 0 Å². The maximum Gasteiger partial charge on any atom is 0.240 e. The maximum absolute atomic E-state index is 4.39. The number of nitrogens with zero attached hydrogens (tertiary/aromatic N) is 9. The Labute approximate surface area is 124 Å². The summed E-state index contributed by atoms with van der Waals surface area (Å²) in [7, 11) is 1.76. The van der Waals surface area contributed by atoms with Crippen molar-refractivity contribution in [3.63, 3.8) is 0 Å². The van der Waals surface area contributed by atoms with Crippen molar-refractivity contribution in [3.8, 4) is 5.95 Å². The van der Waals surface area contributed by atoms with Crippen LogP contribution in [0.3, 0.4) is 0 Å². The van der Waals surface area contributed by atoms with E-state index in [2.05, 4.69) is 40.8 Å². The van der Waals surface area contributed by atoms with Crippen molar-refractivity contribution in [1.82, 2.24) is 44.7 Å². The van der Waals surface area contributed by atoms with E-state index in [-0.39, 0.29) is 0 Å². The summed E-state index contributed by atoms with van der Waals surface area (Å²) >= 11 is 1.26. The Morgan fingerprint density at radius 2 is 2.19 bits per heavy atom. The third kappa shape index (κ3) is 2.97. The molecule has 0 radical (unpaired) electrons. The summed E-state index contributed by atoms with van der Waals surface area (Å²) in [6.07, 6.45) is 5.06. The van der Waals surface area contributed by atoms with E-state index in [0.29, 0.717) is 28.8 Å². The van der Waals surface area contributed by atoms with Gasteiger partial charge in [0.15, 0.2) is 0 Å². The van der Waals surface area contributed by atoms with Gasteiger partial charge < -0.3 is 5.32 Å². The van der Waals surface area contributed by atoms with Crippen LogP contribution in [0.15, 0.2) is 29.0 Å². The van der Waals surface area contributed by atoms with Crippen molar-refractivity contribution in [1.29, 1.82) is 0 Å². The van der Waals surface area contributed by atoms with E-state index in [1.54, 1.807) is 35.0 Å². The first-order valence-corrected chi connectivity index (χ1v) is 6.96. The number of hydrogen-bond donors (Lipinski definition) is 1. The van der Waals surface area contributed by atoms with E-state index < -0.39 is 0 Å². The molecule has 11 heteroatoms. The molecule has 3 aromatic rings. The van der Waals surface area contributed by atoms with Crippen molar-refractivity contribution in [3.05, 3.63) is 18.7 Å². The summed E-state index contributed by atoms with van der Waals surface area (Å²) < 4.78 is 3.26. The van der Waals surface area contributed by atoms with E-state index in [1.165, 1.54) is 11.8 Å². The Kier molecular flexibility index (Phi) is 3.73. The lowest BCUT2D eigenvalue weighted by molar-refractivity contribution is 0.663. The van der Waals surface area contributed by atoms with Gasteiger partial charge in [0.25, 0.3) is 0 Å². The molecule has 3 aromatic heterocycles. The summed E-state index contributed by atoms with van der Waals surface area (Å²) in [5, 5.41) is 15.4. The van der Waals surface area contributed by atoms with E-state index in [9.17, 15) is 0 Å². The quantitative estimate of drug-likeness (QED) is 0.704. The molecule has 0 unspecified atom stereocenters. The SMILES string of the molecule is CCNc1nc(Sc2nnnn2C)nc(-n2ccnc2)n1. The highest BCUT2D eigenvalue weighted by molar-refractivity contribution is 7.99. The van der Waals surface area contributed by atoms with Gasteiger partial charge in [-0.05, 0) is 29.1 Å². The molecule has 21 heavy (non-hydrogen) atoms. The predicted molar refractivity (Wildman–Crippen MR) is 74.0 cm³/mol. The number of tetrazole rings is 1. The highest BCUT2D eigenvalue weighted by atomic mass is 32.2. The molecule has 0 atom stereocenters. The van der Waals surface area contributed by atoms with Gasteiger partial charge in [-0.1, -0.05) is 0 Å². The van der Waals surface area contributed by atoms with Gasteiger partial charge in [-0.25, -0.2) is 9.67 Å². The van der Waals surface area contributed by atoms with Crippen molar-refractivity contribution >= 4 is 17.7 Å². The lowest BCUT2D eigenvalue weighted by atomic mass is 10.7. The van der Waals surface area contributed by atoms with Gasteiger partial charge in [0.2, 0.25) is 22.2 Å². The molecular formula is C10H12N10S. The highest BCUT2D eigenvalue weighted by Gasteiger charge is 2.12. The number of hydrogen-bond acceptors (Lipinski definition) is 9. The summed E-state index contributed by atoms with van der Waals surface area (Å²) in [6, 6.07) is 0. The number of anilines is 1. The third-order valence-corrected chi connectivity index (χ3v) is 3.33. The second-order valence-corrected chi connectivity index (χ2v) is 4.86. The van der Waals surface area contributed by atoms with Gasteiger partial charge in [-0.15, -0.1) is 5.10 Å². The minimum Gasteiger partial charge on any atom is -0.354 e. The summed E-state index contributed by atoms with van der Waals surface area (Å²) in [4.78, 5) is 17.1. The largest absolute Gasteiger partial charge is 0.354 e. The molecule has 0 spiro atoms. The van der Waals surface area contributed by atoms with Crippen LogP contribution in [-0.4, -0.2) is 51.3 Å². The monoisotopic (exact) mass is 304 g/mol. The lowest BCUT2D eigenvalue weighted by Crippen LogP contribution is -2.09. The Morgan fingerprint density at radius 1 is 1.29 bits per heavy atom. The molecule has 0 aromatic carbocycles. The molecule has 0 fully saturated rings. The van der Waals surface area contributed by atoms with Crippen LogP contribution in [-0.2, 0) is 7.05 Å². The van der Waals surface area contributed by atoms with E-state index >= 15 is 0 Å². The van der Waals surface area contributed by atoms with Crippen molar-refractivity contribution in [2.75, 3.05) is 11.9 Å². The predicted octanol–water partition coefficient (Wildman–Crippen LogP) is 0.164. The topological polar surface area (TPSA) is 112 Å². The fourth-order valence-electron chi connectivity index (χ4n) is 1.51. The fourth-order valence-corrected chi connectivity index (χ4v) is 2.18. The Morgan fingerprint density at radius 3 is 2.86 bits per heavy atom. The van der Waals surface area contributed by atoms with Crippen LogP contribution in [0.4, 0.5) is 5.95 Å². The van der Waals surface area contributed by atoms with Crippen LogP contribution < -0.4 is 5.32 Å². The standard InChI is InChI=1S/C10H12N10S/c1-3-12-7-13-8(20-5-4-11-6-20)15-9(14-7)21-10-16-17-18-19(10)2/h4-6H,3H2,1-2H3,(H,12,13,14,15). The minimum absolute atomic E-state index is 0.482. The number of rotatable bonds is 5. The van der Waals surface area contributed by atoms with Crippen molar-refractivity contribution in [2.45, 2.75) is 17.2 Å². The number of imidazole rings is 1. The molecule has 108 valence electrons. The number of aryl methyl sites for hydroxylation is 1. The Balaban J connectivity index is 1.97. The normalized spacial score (nSPS) is 10.8. The average Bonchev–Trinajstić information content (AvgIpc) is 3.12. The zero-order valence-electron chi connectivity index (χ0n) is 11.4. The molecule has 1 N–H and O–H groups in total. The molecule has 3 rings (SSSR count). The summed E-state index contributed by atoms with van der Waals surface area (Å²) in [6.45, 7) is 2.68. The Hall–Kier alpha value is -2.56. The van der Waals surface area contributed by atoms with Gasteiger partial charge in [0.05, 0.1) is 0 Å². The second kappa shape index (κ2) is 5.83. The molecule has 10 nitrogen and oxygen atoms in total. The van der Waals surface area contributed by atoms with Crippen LogP contribution in [0, 0.1) is 0 Å². The third-order valence-electron chi connectivity index (χ3n) is 2.44. The molecule has 0 aliphatic rings. The molecule has 0 aliphatic heterocycles. The molecule has 3 heterocycles. The fraction of sp³-hybridized carbons (Fsp3) is 0.300. The maximum atomic E-state index is 4.39. The second-order valence-electron chi connectivity index (χ2n) is 3.93. The van der Waals surface area contributed by atoms with Crippen LogP contribution in [0.25, 0.3) is 5.95 Å². The molecule has 0 aliphatic carbocycles. The summed E-state index contributed by atoms with van der Waals surface area (Å²) in [5.74, 6) is 0.977. The van der Waals surface area contributed by atoms with Crippen LogP contribution in [0.1, 0.15) is 6.92 Å². The number of aromatic nitrogens is 9. The van der Waals surface area contributed by atoms with Gasteiger partial charge in [0, 0.05) is 26.0 Å². The Bertz CT molecular complexity index is 721. The van der Waals surface area contributed by atoms with Crippen LogP contribution in [0.5, 0.6) is 0 Å².